The van der Waals surface area contributed by atoms with Gasteiger partial charge in [0.15, 0.2) is 0 Å². The molecule has 0 amide bonds. The molecule has 1 aliphatic rings. The van der Waals surface area contributed by atoms with Gasteiger partial charge < -0.3 is 18.7 Å². The van der Waals surface area contributed by atoms with Gasteiger partial charge in [0, 0.05) is 15.6 Å². The maximum Gasteiger partial charge on any atom is 0.344 e. The fraction of sp³-hybridized carbons (Fsp3) is 0.0400. The van der Waals surface area contributed by atoms with Crippen molar-refractivity contribution >= 4 is 45.1 Å². The zero-order valence-corrected chi connectivity index (χ0v) is 18.1. The van der Waals surface area contributed by atoms with E-state index in [0.717, 1.165) is 0 Å². The summed E-state index contributed by atoms with van der Waals surface area (Å²) in [5.74, 6) is -0.771. The van der Waals surface area contributed by atoms with Gasteiger partial charge in [-0.1, -0.05) is 35.3 Å². The van der Waals surface area contributed by atoms with E-state index in [9.17, 15) is 14.7 Å². The highest BCUT2D eigenvalue weighted by Gasteiger charge is 2.38. The zero-order valence-electron chi connectivity index (χ0n) is 16.6. The van der Waals surface area contributed by atoms with Crippen molar-refractivity contribution in [2.75, 3.05) is 0 Å². The first-order valence-electron chi connectivity index (χ1n) is 9.90. The predicted octanol–water partition coefficient (Wildman–Crippen LogP) is 6.20. The second-order valence-corrected chi connectivity index (χ2v) is 8.51. The lowest BCUT2D eigenvalue weighted by Gasteiger charge is -2.28. The van der Waals surface area contributed by atoms with Crippen LogP contribution in [0.2, 0.25) is 10.0 Å². The Labute approximate surface area is 195 Å². The van der Waals surface area contributed by atoms with E-state index < -0.39 is 17.2 Å². The van der Waals surface area contributed by atoms with E-state index >= 15 is 0 Å². The second kappa shape index (κ2) is 7.13. The van der Waals surface area contributed by atoms with Crippen LogP contribution < -0.4 is 16.0 Å². The maximum atomic E-state index is 13.2. The molecule has 33 heavy (non-hydrogen) atoms. The van der Waals surface area contributed by atoms with Crippen LogP contribution in [0.1, 0.15) is 22.6 Å². The Hall–Kier alpha value is -3.74. The molecule has 0 radical (unpaired) electrons. The average Bonchev–Trinajstić information content (AvgIpc) is 2.79. The number of fused-ring (bicyclic) bond motifs is 5. The van der Waals surface area contributed by atoms with E-state index in [2.05, 4.69) is 0 Å². The molecule has 0 saturated heterocycles. The fourth-order valence-electron chi connectivity index (χ4n) is 4.33. The maximum absolute atomic E-state index is 13.2. The number of rotatable bonds is 1. The molecule has 1 N–H and O–H groups in total. The fourth-order valence-corrected chi connectivity index (χ4v) is 4.68. The van der Waals surface area contributed by atoms with Crippen LogP contribution in [0.25, 0.3) is 21.9 Å². The molecule has 3 aromatic carbocycles. The van der Waals surface area contributed by atoms with E-state index in [-0.39, 0.29) is 33.6 Å². The molecule has 3 heterocycles. The minimum atomic E-state index is -1.05. The molecule has 0 bridgehead atoms. The number of para-hydroxylation sites is 1. The van der Waals surface area contributed by atoms with Crippen molar-refractivity contribution in [3.8, 4) is 17.2 Å². The predicted molar refractivity (Wildman–Crippen MR) is 124 cm³/mol. The number of hydrogen-bond donors (Lipinski definition) is 1. The van der Waals surface area contributed by atoms with E-state index in [1.807, 2.05) is 0 Å². The normalized spacial score (nSPS) is 14.7. The Morgan fingerprint density at radius 2 is 1.42 bits per heavy atom. The third kappa shape index (κ3) is 2.95. The van der Waals surface area contributed by atoms with Crippen LogP contribution in [0.5, 0.6) is 17.2 Å². The summed E-state index contributed by atoms with van der Waals surface area (Å²) < 4.78 is 17.1. The lowest BCUT2D eigenvalue weighted by atomic mass is 9.82. The Bertz CT molecular complexity index is 1730. The number of aromatic hydroxyl groups is 1. The van der Waals surface area contributed by atoms with Crippen LogP contribution >= 0.6 is 23.2 Å². The lowest BCUT2D eigenvalue weighted by Crippen LogP contribution is -2.24. The first kappa shape index (κ1) is 19.9. The van der Waals surface area contributed by atoms with Crippen LogP contribution in [0.4, 0.5) is 0 Å². The van der Waals surface area contributed by atoms with Gasteiger partial charge in [0.05, 0.1) is 27.8 Å². The van der Waals surface area contributed by atoms with Gasteiger partial charge in [0.25, 0.3) is 0 Å². The summed E-state index contributed by atoms with van der Waals surface area (Å²) in [4.78, 5) is 26.3. The van der Waals surface area contributed by atoms with Gasteiger partial charge >= 0.3 is 11.3 Å². The Balaban J connectivity index is 1.77. The summed E-state index contributed by atoms with van der Waals surface area (Å²) in [6.45, 7) is 0. The van der Waals surface area contributed by atoms with Crippen molar-refractivity contribution in [1.82, 2.24) is 0 Å². The molecular formula is C25H12Cl2O6. The molecule has 6 nitrogen and oxygen atoms in total. The topological polar surface area (TPSA) is 89.9 Å². The van der Waals surface area contributed by atoms with Gasteiger partial charge in [-0.05, 0) is 48.5 Å². The molecule has 162 valence electrons. The van der Waals surface area contributed by atoms with Gasteiger partial charge in [-0.3, -0.25) is 0 Å². The summed E-state index contributed by atoms with van der Waals surface area (Å²) in [6, 6.07) is 16.3. The summed E-state index contributed by atoms with van der Waals surface area (Å²) in [6.07, 6.45) is 0. The van der Waals surface area contributed by atoms with Gasteiger partial charge in [-0.25, -0.2) is 9.59 Å². The van der Waals surface area contributed by atoms with E-state index in [4.69, 9.17) is 36.8 Å². The minimum Gasteiger partial charge on any atom is -0.507 e. The summed E-state index contributed by atoms with van der Waals surface area (Å²) in [5.41, 5.74) is -0.675. The Kier molecular flexibility index (Phi) is 4.30. The average molecular weight is 479 g/mol. The first-order chi connectivity index (χ1) is 15.9. The second-order valence-electron chi connectivity index (χ2n) is 7.64. The van der Waals surface area contributed by atoms with Gasteiger partial charge in [0.2, 0.25) is 0 Å². The molecule has 0 unspecified atom stereocenters. The van der Waals surface area contributed by atoms with E-state index in [0.29, 0.717) is 32.3 Å². The van der Waals surface area contributed by atoms with Crippen molar-refractivity contribution in [1.29, 1.82) is 0 Å². The largest absolute Gasteiger partial charge is 0.507 e. The number of hydrogen-bond acceptors (Lipinski definition) is 6. The van der Waals surface area contributed by atoms with Gasteiger partial charge in [-0.2, -0.15) is 0 Å². The molecular weight excluding hydrogens is 467 g/mol. The molecule has 8 heteroatoms. The molecule has 0 aliphatic carbocycles. The smallest absolute Gasteiger partial charge is 0.344 e. The van der Waals surface area contributed by atoms with Crippen LogP contribution in [0, 0.1) is 0 Å². The van der Waals surface area contributed by atoms with Crippen LogP contribution in [-0.4, -0.2) is 5.11 Å². The highest BCUT2D eigenvalue weighted by atomic mass is 35.5. The Morgan fingerprint density at radius 3 is 2.24 bits per heavy atom. The standard InChI is InChI=1S/C25H12Cl2O6/c26-11-5-7-17-14(9-11)19(20-22(28)15-10-12(27)6-8-18(15)33-24(20)29)21-23(31-17)13-3-1-2-4-16(13)32-25(21)30/h1-10,19,28H/t19-/m0/s1. The molecule has 2 aromatic heterocycles. The summed E-state index contributed by atoms with van der Waals surface area (Å²) in [5, 5.41) is 12.7. The number of halogens is 2. The molecule has 0 fully saturated rings. The molecule has 5 aromatic rings. The van der Waals surface area contributed by atoms with Crippen molar-refractivity contribution in [2.45, 2.75) is 5.92 Å². The van der Waals surface area contributed by atoms with Crippen molar-refractivity contribution in [3.63, 3.8) is 0 Å². The highest BCUT2D eigenvalue weighted by Crippen LogP contribution is 2.50. The summed E-state index contributed by atoms with van der Waals surface area (Å²) in [7, 11) is 0. The van der Waals surface area contributed by atoms with Crippen LogP contribution in [0.3, 0.4) is 0 Å². The van der Waals surface area contributed by atoms with E-state index in [1.54, 1.807) is 48.5 Å². The van der Waals surface area contributed by atoms with Crippen LogP contribution in [0.15, 0.2) is 79.1 Å². The first-order valence-corrected chi connectivity index (χ1v) is 10.7. The molecule has 6 rings (SSSR count). The van der Waals surface area contributed by atoms with Crippen molar-refractivity contribution in [3.05, 3.63) is 108 Å². The quantitative estimate of drug-likeness (QED) is 0.283. The SMILES string of the molecule is O=c1oc2ccc(Cl)cc2c(O)c1[C@@H]1c2cc(Cl)ccc2Oc2c1c(=O)oc1ccccc21. The highest BCUT2D eigenvalue weighted by molar-refractivity contribution is 6.31. The monoisotopic (exact) mass is 478 g/mol. The lowest BCUT2D eigenvalue weighted by molar-refractivity contribution is 0.425. The molecule has 0 saturated carbocycles. The molecule has 1 aliphatic heterocycles. The zero-order chi connectivity index (χ0) is 22.9. The summed E-state index contributed by atoms with van der Waals surface area (Å²) >= 11 is 12.4. The van der Waals surface area contributed by atoms with Gasteiger partial charge in [0.1, 0.15) is 28.4 Å². The Morgan fingerprint density at radius 1 is 0.758 bits per heavy atom. The number of ether oxygens (including phenoxy) is 1. The molecule has 1 atom stereocenters. The van der Waals surface area contributed by atoms with Gasteiger partial charge in [-0.15, -0.1) is 0 Å². The van der Waals surface area contributed by atoms with Crippen molar-refractivity contribution < 1.29 is 18.7 Å². The number of benzene rings is 3. The van der Waals surface area contributed by atoms with E-state index in [1.165, 1.54) is 12.1 Å². The van der Waals surface area contributed by atoms with Crippen LogP contribution in [-0.2, 0) is 0 Å². The third-order valence-electron chi connectivity index (χ3n) is 5.75. The van der Waals surface area contributed by atoms with Crippen molar-refractivity contribution in [2.24, 2.45) is 0 Å². The third-order valence-corrected chi connectivity index (χ3v) is 6.22. The molecule has 0 spiro atoms. The minimum absolute atomic E-state index is 0.0624.